The van der Waals surface area contributed by atoms with Gasteiger partial charge in [-0.2, -0.15) is 0 Å². The zero-order valence-corrected chi connectivity index (χ0v) is 13.3. The fraction of sp³-hybridized carbons (Fsp3) is 0.429. The van der Waals surface area contributed by atoms with Crippen LogP contribution in [0, 0.1) is 5.92 Å². The van der Waals surface area contributed by atoms with Gasteiger partial charge in [0.05, 0.1) is 10.0 Å². The highest BCUT2D eigenvalue weighted by atomic mass is 79.9. The molecule has 0 aliphatic heterocycles. The van der Waals surface area contributed by atoms with E-state index in [-0.39, 0.29) is 18.2 Å². The first-order chi connectivity index (χ1) is 9.41. The minimum Gasteiger partial charge on any atom is -0.398 e. The average Bonchev–Trinajstić information content (AvgIpc) is 2.39. The van der Waals surface area contributed by atoms with Gasteiger partial charge >= 0.3 is 0 Å². The number of carbonyl (C=O) groups is 2. The predicted molar refractivity (Wildman–Crippen MR) is 83.4 cm³/mol. The largest absolute Gasteiger partial charge is 0.398 e. The molecule has 0 bridgehead atoms. The maximum Gasteiger partial charge on any atom is 0.252 e. The molecule has 0 aromatic heterocycles. The third kappa shape index (κ3) is 5.21. The summed E-state index contributed by atoms with van der Waals surface area (Å²) >= 11 is 3.28. The lowest BCUT2D eigenvalue weighted by Gasteiger charge is -2.09. The number of rotatable bonds is 6. The Kier molecular flexibility index (Phi) is 6.51. The topological polar surface area (TPSA) is 84.2 Å². The Morgan fingerprint density at radius 1 is 1.30 bits per heavy atom. The van der Waals surface area contributed by atoms with Crippen molar-refractivity contribution >= 4 is 33.4 Å². The molecular formula is C14H20BrN3O2. The van der Waals surface area contributed by atoms with E-state index in [1.165, 1.54) is 0 Å². The monoisotopic (exact) mass is 341 g/mol. The molecular weight excluding hydrogens is 322 g/mol. The van der Waals surface area contributed by atoms with Gasteiger partial charge in [0.15, 0.2) is 0 Å². The SMILES string of the molecule is CC(C)CNC(=O)CCNC(=O)c1cccc(N)c1Br. The van der Waals surface area contributed by atoms with E-state index in [9.17, 15) is 9.59 Å². The Bertz CT molecular complexity index is 489. The quantitative estimate of drug-likeness (QED) is 0.691. The molecule has 0 aliphatic rings. The van der Waals surface area contributed by atoms with E-state index in [0.717, 1.165) is 0 Å². The van der Waals surface area contributed by atoms with E-state index >= 15 is 0 Å². The van der Waals surface area contributed by atoms with Crippen molar-refractivity contribution in [3.05, 3.63) is 28.2 Å². The highest BCUT2D eigenvalue weighted by Crippen LogP contribution is 2.23. The van der Waals surface area contributed by atoms with Gasteiger partial charge in [0.2, 0.25) is 5.91 Å². The van der Waals surface area contributed by atoms with Crippen LogP contribution < -0.4 is 16.4 Å². The highest BCUT2D eigenvalue weighted by molar-refractivity contribution is 9.10. The van der Waals surface area contributed by atoms with Crippen LogP contribution in [-0.4, -0.2) is 24.9 Å². The van der Waals surface area contributed by atoms with E-state index in [1.807, 2.05) is 13.8 Å². The summed E-state index contributed by atoms with van der Waals surface area (Å²) in [6, 6.07) is 5.10. The number of hydrogen-bond donors (Lipinski definition) is 3. The zero-order chi connectivity index (χ0) is 15.1. The number of nitrogens with two attached hydrogens (primary N) is 1. The molecule has 20 heavy (non-hydrogen) atoms. The van der Waals surface area contributed by atoms with Crippen molar-refractivity contribution in [2.45, 2.75) is 20.3 Å². The van der Waals surface area contributed by atoms with E-state index in [0.29, 0.717) is 34.7 Å². The maximum absolute atomic E-state index is 11.9. The number of benzene rings is 1. The number of hydrogen-bond acceptors (Lipinski definition) is 3. The number of carbonyl (C=O) groups excluding carboxylic acids is 2. The Hall–Kier alpha value is -1.56. The van der Waals surface area contributed by atoms with Crippen molar-refractivity contribution in [2.24, 2.45) is 5.92 Å². The molecule has 2 amide bonds. The van der Waals surface area contributed by atoms with E-state index < -0.39 is 0 Å². The van der Waals surface area contributed by atoms with Crippen molar-refractivity contribution in [2.75, 3.05) is 18.8 Å². The molecule has 0 heterocycles. The summed E-state index contributed by atoms with van der Waals surface area (Å²) in [5, 5.41) is 5.50. The van der Waals surface area contributed by atoms with Crippen molar-refractivity contribution in [3.8, 4) is 0 Å². The van der Waals surface area contributed by atoms with Gasteiger partial charge < -0.3 is 16.4 Å². The van der Waals surface area contributed by atoms with Crippen molar-refractivity contribution in [3.63, 3.8) is 0 Å². The average molecular weight is 342 g/mol. The fourth-order valence-corrected chi connectivity index (χ4v) is 1.96. The Balaban J connectivity index is 2.40. The van der Waals surface area contributed by atoms with Crippen LogP contribution >= 0.6 is 15.9 Å². The summed E-state index contributed by atoms with van der Waals surface area (Å²) in [6.45, 7) is 5.00. The van der Waals surface area contributed by atoms with Gasteiger partial charge in [-0.15, -0.1) is 0 Å². The Morgan fingerprint density at radius 2 is 2.00 bits per heavy atom. The standard InChI is InChI=1S/C14H20BrN3O2/c1-9(2)8-18-12(19)6-7-17-14(20)10-4-3-5-11(16)13(10)15/h3-5,9H,6-8,16H2,1-2H3,(H,17,20)(H,18,19). The van der Waals surface area contributed by atoms with Crippen molar-refractivity contribution in [1.82, 2.24) is 10.6 Å². The van der Waals surface area contributed by atoms with Crippen LogP contribution in [0.5, 0.6) is 0 Å². The molecule has 0 radical (unpaired) electrons. The lowest BCUT2D eigenvalue weighted by Crippen LogP contribution is -2.32. The molecule has 0 unspecified atom stereocenters. The number of halogens is 1. The molecule has 0 saturated carbocycles. The van der Waals surface area contributed by atoms with Gasteiger partial charge in [-0.25, -0.2) is 0 Å². The molecule has 0 spiro atoms. The predicted octanol–water partition coefficient (Wildman–Crippen LogP) is 1.92. The van der Waals surface area contributed by atoms with Gasteiger partial charge in [-0.1, -0.05) is 19.9 Å². The van der Waals surface area contributed by atoms with Crippen molar-refractivity contribution < 1.29 is 9.59 Å². The van der Waals surface area contributed by atoms with Gasteiger partial charge in [-0.3, -0.25) is 9.59 Å². The molecule has 5 nitrogen and oxygen atoms in total. The molecule has 0 atom stereocenters. The van der Waals surface area contributed by atoms with Gasteiger partial charge in [-0.05, 0) is 34.0 Å². The van der Waals surface area contributed by atoms with Crippen LogP contribution in [0.25, 0.3) is 0 Å². The van der Waals surface area contributed by atoms with Crippen LogP contribution in [0.3, 0.4) is 0 Å². The summed E-state index contributed by atoms with van der Waals surface area (Å²) in [6.07, 6.45) is 0.262. The molecule has 1 rings (SSSR count). The molecule has 6 heteroatoms. The Morgan fingerprint density at radius 3 is 2.65 bits per heavy atom. The minimum atomic E-state index is -0.249. The lowest BCUT2D eigenvalue weighted by molar-refractivity contribution is -0.121. The zero-order valence-electron chi connectivity index (χ0n) is 11.7. The first-order valence-corrected chi connectivity index (χ1v) is 7.30. The number of nitrogen functional groups attached to an aromatic ring is 1. The number of anilines is 1. The van der Waals surface area contributed by atoms with Crippen LogP contribution in [0.15, 0.2) is 22.7 Å². The molecule has 4 N–H and O–H groups in total. The van der Waals surface area contributed by atoms with Crippen LogP contribution in [0.1, 0.15) is 30.6 Å². The Labute approximate surface area is 127 Å². The first kappa shape index (κ1) is 16.5. The van der Waals surface area contributed by atoms with Gasteiger partial charge in [0.1, 0.15) is 0 Å². The number of nitrogens with one attached hydrogen (secondary N) is 2. The summed E-state index contributed by atoms with van der Waals surface area (Å²) in [5.41, 5.74) is 6.68. The van der Waals surface area contributed by atoms with Crippen LogP contribution in [0.4, 0.5) is 5.69 Å². The maximum atomic E-state index is 11.9. The molecule has 0 fully saturated rings. The molecule has 0 saturated heterocycles. The van der Waals surface area contributed by atoms with E-state index in [4.69, 9.17) is 5.73 Å². The highest BCUT2D eigenvalue weighted by Gasteiger charge is 2.11. The smallest absolute Gasteiger partial charge is 0.252 e. The molecule has 0 aliphatic carbocycles. The normalized spacial score (nSPS) is 10.4. The minimum absolute atomic E-state index is 0.0642. The summed E-state index contributed by atoms with van der Waals surface area (Å²) < 4.78 is 0.571. The van der Waals surface area contributed by atoms with Gasteiger partial charge in [0, 0.05) is 25.2 Å². The third-order valence-electron chi connectivity index (χ3n) is 2.62. The molecule has 110 valence electrons. The fourth-order valence-electron chi connectivity index (χ4n) is 1.52. The second kappa shape index (κ2) is 7.89. The summed E-state index contributed by atoms with van der Waals surface area (Å²) in [7, 11) is 0. The van der Waals surface area contributed by atoms with Crippen LogP contribution in [-0.2, 0) is 4.79 Å². The summed E-state index contributed by atoms with van der Waals surface area (Å²) in [5.74, 6) is 0.100. The first-order valence-electron chi connectivity index (χ1n) is 6.50. The molecule has 1 aromatic rings. The van der Waals surface area contributed by atoms with E-state index in [1.54, 1.807) is 18.2 Å². The third-order valence-corrected chi connectivity index (χ3v) is 3.50. The van der Waals surface area contributed by atoms with Gasteiger partial charge in [0.25, 0.3) is 5.91 Å². The van der Waals surface area contributed by atoms with Crippen molar-refractivity contribution in [1.29, 1.82) is 0 Å². The molecule has 1 aromatic carbocycles. The lowest BCUT2D eigenvalue weighted by atomic mass is 10.2. The van der Waals surface area contributed by atoms with E-state index in [2.05, 4.69) is 26.6 Å². The summed E-state index contributed by atoms with van der Waals surface area (Å²) in [4.78, 5) is 23.4. The number of amides is 2. The second-order valence-electron chi connectivity index (χ2n) is 4.91. The second-order valence-corrected chi connectivity index (χ2v) is 5.71. The van der Waals surface area contributed by atoms with Crippen LogP contribution in [0.2, 0.25) is 0 Å².